The first kappa shape index (κ1) is 25.3. The maximum Gasteiger partial charge on any atom is 0.439 e. The summed E-state index contributed by atoms with van der Waals surface area (Å²) in [5.74, 6) is -9.60. The van der Waals surface area contributed by atoms with Gasteiger partial charge in [-0.15, -0.1) is 4.13 Å². The summed E-state index contributed by atoms with van der Waals surface area (Å²) in [6.45, 7) is 2.90. The summed E-state index contributed by atoms with van der Waals surface area (Å²) in [6, 6.07) is 0. The van der Waals surface area contributed by atoms with E-state index in [0.29, 0.717) is 0 Å². The van der Waals surface area contributed by atoms with Crippen molar-refractivity contribution in [1.29, 1.82) is 0 Å². The third kappa shape index (κ3) is 3.08. The molecule has 3 aliphatic rings. The van der Waals surface area contributed by atoms with E-state index in [1.54, 1.807) is 0 Å². The second-order valence-corrected chi connectivity index (χ2v) is 12.9. The Morgan fingerprint density at radius 2 is 1.47 bits per heavy atom. The Labute approximate surface area is 167 Å². The van der Waals surface area contributed by atoms with Crippen molar-refractivity contribution in [2.75, 3.05) is 5.75 Å². The third-order valence-electron chi connectivity index (χ3n) is 5.88. The molecule has 0 aromatic rings. The van der Waals surface area contributed by atoms with Crippen molar-refractivity contribution >= 4 is 35.9 Å². The van der Waals surface area contributed by atoms with Crippen molar-refractivity contribution in [2.24, 2.45) is 16.7 Å². The van der Waals surface area contributed by atoms with Crippen LogP contribution in [-0.2, 0) is 35.0 Å². The fraction of sp³-hybridized carbons (Fsp3) is 0.917. The second kappa shape index (κ2) is 6.29. The van der Waals surface area contributed by atoms with Gasteiger partial charge in [-0.25, -0.2) is 16.8 Å². The van der Waals surface area contributed by atoms with Gasteiger partial charge in [-0.2, -0.15) is 34.8 Å². The van der Waals surface area contributed by atoms with Crippen LogP contribution in [0, 0.1) is 16.7 Å². The maximum absolute atomic E-state index is 13.8. The van der Waals surface area contributed by atoms with Crippen LogP contribution in [0.1, 0.15) is 26.7 Å². The number of sulfonamides is 2. The zero-order valence-corrected chi connectivity index (χ0v) is 17.4. The molecule has 0 aromatic carbocycles. The van der Waals surface area contributed by atoms with Crippen LogP contribution >= 0.6 is 0 Å². The molecule has 30 heavy (non-hydrogen) atoms. The van der Waals surface area contributed by atoms with Crippen LogP contribution in [0.25, 0.3) is 0 Å². The number of nitrogens with one attached hydrogen (secondary N) is 1. The van der Waals surface area contributed by atoms with Gasteiger partial charge < -0.3 is 0 Å². The van der Waals surface area contributed by atoms with Crippen molar-refractivity contribution in [2.45, 2.75) is 43.1 Å². The highest BCUT2D eigenvalue weighted by molar-refractivity contribution is 8.05. The molecular formula is C12H15F6NO8S3. The third-order valence-corrected chi connectivity index (χ3v) is 10.5. The lowest BCUT2D eigenvalue weighted by molar-refractivity contribution is -0.245. The fourth-order valence-electron chi connectivity index (χ4n) is 3.82. The minimum absolute atomic E-state index is 0.0484. The minimum atomic E-state index is -7.28. The molecular weight excluding hydrogens is 496 g/mol. The van der Waals surface area contributed by atoms with Gasteiger partial charge in [-0.3, -0.25) is 9.35 Å². The summed E-state index contributed by atoms with van der Waals surface area (Å²) in [4.78, 5) is 12.1. The highest BCUT2D eigenvalue weighted by Gasteiger charge is 2.82. The van der Waals surface area contributed by atoms with E-state index in [1.807, 2.05) is 0 Å². The van der Waals surface area contributed by atoms with Gasteiger partial charge in [0.1, 0.15) is 5.78 Å². The number of alkyl halides is 6. The Kier molecular flexibility index (Phi) is 5.30. The van der Waals surface area contributed by atoms with Crippen molar-refractivity contribution in [3.63, 3.8) is 0 Å². The predicted octanol–water partition coefficient (Wildman–Crippen LogP) is 0.950. The zero-order chi connectivity index (χ0) is 24.0. The number of Topliss-reactive ketones (excluding diaryl/α,β-unsaturated/α-hetero) is 1. The molecule has 3 saturated carbocycles. The number of carbonyl (C=O) groups excluding carboxylic acids is 1. The van der Waals surface area contributed by atoms with Crippen LogP contribution in [0.5, 0.6) is 0 Å². The van der Waals surface area contributed by atoms with Gasteiger partial charge in [0, 0.05) is 11.8 Å². The molecule has 9 nitrogen and oxygen atoms in total. The Bertz CT molecular complexity index is 1100. The molecule has 0 saturated heterocycles. The van der Waals surface area contributed by atoms with Gasteiger partial charge in [0.05, 0.1) is 5.75 Å². The van der Waals surface area contributed by atoms with Crippen molar-refractivity contribution in [3.05, 3.63) is 0 Å². The van der Waals surface area contributed by atoms with Gasteiger partial charge in [0.25, 0.3) is 10.0 Å². The van der Waals surface area contributed by atoms with E-state index < -0.39 is 69.0 Å². The Balaban J connectivity index is 2.41. The second-order valence-electron chi connectivity index (χ2n) is 7.76. The first-order valence-electron chi connectivity index (χ1n) is 7.79. The van der Waals surface area contributed by atoms with Crippen LogP contribution in [0.2, 0.25) is 0 Å². The topological polar surface area (TPSA) is 152 Å². The molecule has 0 aliphatic heterocycles. The summed E-state index contributed by atoms with van der Waals surface area (Å²) < 4.78 is 157. The van der Waals surface area contributed by atoms with E-state index in [2.05, 4.69) is 0 Å². The molecule has 2 bridgehead atoms. The van der Waals surface area contributed by atoms with Crippen LogP contribution in [-0.4, -0.2) is 57.8 Å². The Morgan fingerprint density at radius 1 is 1.00 bits per heavy atom. The monoisotopic (exact) mass is 511 g/mol. The molecule has 18 heteroatoms. The van der Waals surface area contributed by atoms with Crippen molar-refractivity contribution in [3.8, 4) is 0 Å². The lowest BCUT2D eigenvalue weighted by Crippen LogP contribution is -2.63. The van der Waals surface area contributed by atoms with Crippen LogP contribution in [0.15, 0.2) is 0 Å². The van der Waals surface area contributed by atoms with Gasteiger partial charge in [0.15, 0.2) is 0 Å². The number of halogens is 6. The lowest BCUT2D eigenvalue weighted by Gasteiger charge is -2.53. The summed E-state index contributed by atoms with van der Waals surface area (Å²) in [6.07, 6.45) is -0.128. The SMILES string of the molecule is CC1(C)C2CC(=O)C1(CS(=O)(=O)NS(=O)(=O)C(F)(F)C(F)(F)C(F)(F)S(=O)(=O)O)C2. The normalized spacial score (nSPS) is 27.8. The first-order chi connectivity index (χ1) is 12.9. The summed E-state index contributed by atoms with van der Waals surface area (Å²) in [5, 5.41) is -14.0. The number of carbonyl (C=O) groups is 1. The smallest absolute Gasteiger partial charge is 0.299 e. The number of hydrogen-bond donors (Lipinski definition) is 2. The molecule has 3 aliphatic carbocycles. The Hall–Kier alpha value is -0.980. The van der Waals surface area contributed by atoms with Crippen LogP contribution in [0.4, 0.5) is 26.3 Å². The molecule has 0 aromatic heterocycles. The number of rotatable bonds is 8. The van der Waals surface area contributed by atoms with E-state index in [4.69, 9.17) is 4.55 Å². The van der Waals surface area contributed by atoms with Gasteiger partial charge in [-0.1, -0.05) is 13.8 Å². The average molecular weight is 511 g/mol. The maximum atomic E-state index is 13.8. The molecule has 2 atom stereocenters. The van der Waals surface area contributed by atoms with Gasteiger partial charge in [-0.05, 0) is 17.8 Å². The lowest BCUT2D eigenvalue weighted by atomic mass is 9.51. The fourth-order valence-corrected chi connectivity index (χ4v) is 8.09. The van der Waals surface area contributed by atoms with Crippen molar-refractivity contribution in [1.82, 2.24) is 4.13 Å². The predicted molar refractivity (Wildman–Crippen MR) is 86.2 cm³/mol. The molecule has 0 radical (unpaired) electrons. The summed E-state index contributed by atoms with van der Waals surface area (Å²) in [5.41, 5.74) is -2.69. The van der Waals surface area contributed by atoms with Crippen molar-refractivity contribution < 1.29 is 60.9 Å². The van der Waals surface area contributed by atoms with Crippen LogP contribution < -0.4 is 4.13 Å². The average Bonchev–Trinajstić information content (AvgIpc) is 2.91. The van der Waals surface area contributed by atoms with E-state index in [9.17, 15) is 56.4 Å². The summed E-state index contributed by atoms with van der Waals surface area (Å²) >= 11 is 0. The molecule has 3 fully saturated rings. The zero-order valence-electron chi connectivity index (χ0n) is 15.0. The molecule has 3 rings (SSSR count). The quantitative estimate of drug-likeness (QED) is 0.361. The minimum Gasteiger partial charge on any atom is -0.299 e. The number of fused-ring (bicyclic) bond motifs is 1. The molecule has 0 heterocycles. The van der Waals surface area contributed by atoms with E-state index in [0.717, 1.165) is 0 Å². The molecule has 2 unspecified atom stereocenters. The molecule has 0 spiro atoms. The largest absolute Gasteiger partial charge is 0.439 e. The van der Waals surface area contributed by atoms with Gasteiger partial charge in [0.2, 0.25) is 10.0 Å². The Morgan fingerprint density at radius 3 is 1.80 bits per heavy atom. The molecule has 176 valence electrons. The summed E-state index contributed by atoms with van der Waals surface area (Å²) in [7, 11) is -20.0. The van der Waals surface area contributed by atoms with E-state index >= 15 is 0 Å². The highest BCUT2D eigenvalue weighted by atomic mass is 32.3. The standard InChI is InChI=1S/C12H15F6NO8S3/c1-8(2)6-3-7(20)9(8,4-6)5-28(21,22)19-29(23,24)11(15,16)10(13,14)12(17,18)30(25,26)27/h6,19H,3-5H2,1-2H3,(H,25,26,27). The van der Waals surface area contributed by atoms with Gasteiger partial charge >= 0.3 is 26.5 Å². The molecule has 2 N–H and O–H groups in total. The first-order valence-corrected chi connectivity index (χ1v) is 12.4. The van der Waals surface area contributed by atoms with Crippen LogP contribution in [0.3, 0.4) is 0 Å². The van der Waals surface area contributed by atoms with E-state index in [1.165, 1.54) is 13.8 Å². The molecule has 0 amide bonds. The number of ketones is 1. The van der Waals surface area contributed by atoms with E-state index in [-0.39, 0.29) is 22.9 Å². The highest BCUT2D eigenvalue weighted by Crippen LogP contribution is 2.69. The number of hydrogen-bond acceptors (Lipinski definition) is 7.